The van der Waals surface area contributed by atoms with E-state index in [0.717, 1.165) is 38.5 Å². The Morgan fingerprint density at radius 3 is 2.13 bits per heavy atom. The maximum absolute atomic E-state index is 14.3. The van der Waals surface area contributed by atoms with Gasteiger partial charge >= 0.3 is 0 Å². The van der Waals surface area contributed by atoms with Gasteiger partial charge in [-0.05, 0) is 83.0 Å². The smallest absolute Gasteiger partial charge is 0.234 e. The minimum atomic E-state index is -1.25. The van der Waals surface area contributed by atoms with Gasteiger partial charge < -0.3 is 15.3 Å². The van der Waals surface area contributed by atoms with Crippen LogP contribution in [0.15, 0.2) is 0 Å². The van der Waals surface area contributed by atoms with Gasteiger partial charge in [0.05, 0.1) is 12.1 Å². The van der Waals surface area contributed by atoms with E-state index in [1.165, 1.54) is 6.42 Å². The molecular formula is C36H60F2N4O4. The number of carbonyl (C=O) groups excluding carboxylic acids is 3. The molecule has 7 unspecified atom stereocenters. The molecule has 0 heterocycles. The topological polar surface area (TPSA) is 102 Å². The molecule has 10 heteroatoms. The second-order valence-electron chi connectivity index (χ2n) is 14.3. The van der Waals surface area contributed by atoms with Gasteiger partial charge in [0.25, 0.3) is 0 Å². The third-order valence-corrected chi connectivity index (χ3v) is 10.1. The van der Waals surface area contributed by atoms with Crippen LogP contribution < -0.4 is 10.7 Å². The van der Waals surface area contributed by atoms with Gasteiger partial charge in [-0.2, -0.15) is 0 Å². The number of likely N-dealkylation sites (N-methyl/N-ethyl adjacent to an activating group) is 1. The molecule has 0 aromatic heterocycles. The van der Waals surface area contributed by atoms with E-state index < -0.39 is 30.4 Å². The largest absolute Gasteiger partial charge is 0.390 e. The van der Waals surface area contributed by atoms with Gasteiger partial charge in [0.2, 0.25) is 17.7 Å². The Morgan fingerprint density at radius 2 is 1.52 bits per heavy atom. The Bertz CT molecular complexity index is 1010. The lowest BCUT2D eigenvalue weighted by atomic mass is 9.74. The first-order valence-electron chi connectivity index (χ1n) is 18.0. The summed E-state index contributed by atoms with van der Waals surface area (Å²) in [5, 5.41) is 16.0. The molecule has 3 amide bonds. The van der Waals surface area contributed by atoms with Crippen LogP contribution in [0.4, 0.5) is 8.78 Å². The molecule has 0 aliphatic heterocycles. The van der Waals surface area contributed by atoms with Crippen LogP contribution in [0.2, 0.25) is 0 Å². The SMILES string of the molecule is CC#CC1CC(C(=O)NC(CC2CC(F)CC(F)C2)C(O)CN(C)NC(=O)CC2CCCCC2)CC(C(=O)N(CCC)CCC)C1. The lowest BCUT2D eigenvalue weighted by Crippen LogP contribution is -2.53. The fraction of sp³-hybridized carbons (Fsp3) is 0.861. The molecule has 7 atom stereocenters. The third kappa shape index (κ3) is 12.4. The van der Waals surface area contributed by atoms with Crippen molar-refractivity contribution >= 4 is 17.7 Å². The molecule has 262 valence electrons. The summed E-state index contributed by atoms with van der Waals surface area (Å²) in [7, 11) is 1.68. The summed E-state index contributed by atoms with van der Waals surface area (Å²) in [5.41, 5.74) is 2.86. The van der Waals surface area contributed by atoms with Crippen LogP contribution in [-0.2, 0) is 14.4 Å². The van der Waals surface area contributed by atoms with Crippen molar-refractivity contribution in [2.24, 2.45) is 29.6 Å². The number of rotatable bonds is 15. The fourth-order valence-electron chi connectivity index (χ4n) is 8.01. The lowest BCUT2D eigenvalue weighted by molar-refractivity contribution is -0.139. The van der Waals surface area contributed by atoms with Gasteiger partial charge in [0, 0.05) is 57.3 Å². The highest BCUT2D eigenvalue weighted by Crippen LogP contribution is 2.36. The zero-order chi connectivity index (χ0) is 33.6. The van der Waals surface area contributed by atoms with Crippen LogP contribution in [0.3, 0.4) is 0 Å². The molecule has 0 saturated heterocycles. The first kappa shape index (κ1) is 38.2. The summed E-state index contributed by atoms with van der Waals surface area (Å²) in [5.74, 6) is 5.01. The highest BCUT2D eigenvalue weighted by atomic mass is 19.1. The van der Waals surface area contributed by atoms with Gasteiger partial charge in [-0.25, -0.2) is 13.8 Å². The van der Waals surface area contributed by atoms with Crippen LogP contribution in [0.1, 0.15) is 117 Å². The van der Waals surface area contributed by atoms with Crippen molar-refractivity contribution in [1.29, 1.82) is 0 Å². The number of aliphatic hydroxyl groups excluding tert-OH is 1. The van der Waals surface area contributed by atoms with Crippen molar-refractivity contribution in [2.45, 2.75) is 142 Å². The van der Waals surface area contributed by atoms with Gasteiger partial charge in [0.1, 0.15) is 12.3 Å². The lowest BCUT2D eigenvalue weighted by Gasteiger charge is -2.37. The van der Waals surface area contributed by atoms with Crippen LogP contribution in [0, 0.1) is 41.4 Å². The molecule has 3 aliphatic rings. The van der Waals surface area contributed by atoms with Crippen molar-refractivity contribution in [3.8, 4) is 11.8 Å². The van der Waals surface area contributed by atoms with E-state index in [2.05, 4.69) is 22.6 Å². The van der Waals surface area contributed by atoms with Gasteiger partial charge in [-0.15, -0.1) is 11.8 Å². The van der Waals surface area contributed by atoms with Crippen molar-refractivity contribution in [3.63, 3.8) is 0 Å². The third-order valence-electron chi connectivity index (χ3n) is 10.1. The molecule has 0 bridgehead atoms. The quantitative estimate of drug-likeness (QED) is 0.164. The highest BCUT2D eigenvalue weighted by molar-refractivity contribution is 5.83. The standard InChI is InChI=1S/C36H60F2N4O4/c1-5-11-26-16-28(22-29(17-26)36(46)42(14-6-2)15-7-3)35(45)39-32(20-27-18-30(37)23-31(38)19-27)33(43)24-41(4)40-34(44)21-25-12-9-8-10-13-25/h25-33,43H,6-10,12-24H2,1-4H3,(H,39,45)(H,40,44). The summed E-state index contributed by atoms with van der Waals surface area (Å²) in [6.07, 6.45) is 6.18. The molecule has 46 heavy (non-hydrogen) atoms. The molecule has 0 spiro atoms. The zero-order valence-corrected chi connectivity index (χ0v) is 28.7. The predicted octanol–water partition coefficient (Wildman–Crippen LogP) is 5.34. The van der Waals surface area contributed by atoms with Gasteiger partial charge in [0.15, 0.2) is 0 Å². The molecule has 3 N–H and O–H groups in total. The van der Waals surface area contributed by atoms with Crippen molar-refractivity contribution < 1.29 is 28.3 Å². The van der Waals surface area contributed by atoms with Gasteiger partial charge in [-0.3, -0.25) is 19.8 Å². The van der Waals surface area contributed by atoms with E-state index in [1.54, 1.807) is 19.0 Å². The van der Waals surface area contributed by atoms with Gasteiger partial charge in [-0.1, -0.05) is 33.1 Å². The van der Waals surface area contributed by atoms with E-state index in [0.29, 0.717) is 44.7 Å². The number of hydrazine groups is 1. The number of aliphatic hydroxyl groups is 1. The van der Waals surface area contributed by atoms with E-state index in [1.807, 2.05) is 18.7 Å². The number of hydrogen-bond donors (Lipinski definition) is 3. The van der Waals surface area contributed by atoms with Crippen LogP contribution in [-0.4, -0.2) is 83.9 Å². The Morgan fingerprint density at radius 1 is 0.891 bits per heavy atom. The summed E-state index contributed by atoms with van der Waals surface area (Å²) < 4.78 is 28.7. The summed E-state index contributed by atoms with van der Waals surface area (Å²) in [4.78, 5) is 42.1. The van der Waals surface area contributed by atoms with E-state index >= 15 is 0 Å². The molecule has 3 rings (SSSR count). The maximum Gasteiger partial charge on any atom is 0.234 e. The Labute approximate surface area is 276 Å². The second kappa shape index (κ2) is 19.5. The summed E-state index contributed by atoms with van der Waals surface area (Å²) in [6, 6.07) is -0.767. The number of carbonyl (C=O) groups is 3. The zero-order valence-electron chi connectivity index (χ0n) is 28.7. The van der Waals surface area contributed by atoms with Crippen LogP contribution in [0.5, 0.6) is 0 Å². The average molecular weight is 651 g/mol. The molecule has 3 aliphatic carbocycles. The second-order valence-corrected chi connectivity index (χ2v) is 14.3. The molecule has 0 radical (unpaired) electrons. The number of nitrogens with zero attached hydrogens (tertiary/aromatic N) is 2. The minimum absolute atomic E-state index is 0.0465. The van der Waals surface area contributed by atoms with Crippen molar-refractivity contribution in [3.05, 3.63) is 0 Å². The number of halogens is 2. The maximum atomic E-state index is 14.3. The number of alkyl halides is 2. The highest BCUT2D eigenvalue weighted by Gasteiger charge is 2.39. The summed E-state index contributed by atoms with van der Waals surface area (Å²) in [6.45, 7) is 7.26. The molecule has 3 fully saturated rings. The number of amides is 3. The molecule has 3 saturated carbocycles. The Kier molecular flexibility index (Phi) is 16.2. The molecule has 0 aromatic carbocycles. The number of hydrogen-bond acceptors (Lipinski definition) is 5. The number of nitrogens with one attached hydrogen (secondary N) is 2. The van der Waals surface area contributed by atoms with Crippen molar-refractivity contribution in [2.75, 3.05) is 26.7 Å². The first-order valence-corrected chi connectivity index (χ1v) is 18.0. The van der Waals surface area contributed by atoms with E-state index in [-0.39, 0.29) is 67.7 Å². The normalized spacial score (nSPS) is 28.4. The molecule has 0 aromatic rings. The monoisotopic (exact) mass is 650 g/mol. The average Bonchev–Trinajstić information content (AvgIpc) is 3.00. The van der Waals surface area contributed by atoms with Crippen LogP contribution in [0.25, 0.3) is 0 Å². The first-order chi connectivity index (χ1) is 22.0. The Balaban J connectivity index is 1.71. The minimum Gasteiger partial charge on any atom is -0.390 e. The summed E-state index contributed by atoms with van der Waals surface area (Å²) >= 11 is 0. The van der Waals surface area contributed by atoms with Crippen molar-refractivity contribution in [1.82, 2.24) is 20.7 Å². The van der Waals surface area contributed by atoms with E-state index in [4.69, 9.17) is 0 Å². The molecular weight excluding hydrogens is 590 g/mol. The van der Waals surface area contributed by atoms with E-state index in [9.17, 15) is 28.3 Å². The predicted molar refractivity (Wildman–Crippen MR) is 177 cm³/mol. The molecule has 8 nitrogen and oxygen atoms in total. The van der Waals surface area contributed by atoms with Crippen LogP contribution >= 0.6 is 0 Å². The Hall–Kier alpha value is -2.25. The fourth-order valence-corrected chi connectivity index (χ4v) is 8.01.